The Balaban J connectivity index is 1.64. The molecule has 0 saturated heterocycles. The number of fused-ring (bicyclic) bond motifs is 1. The van der Waals surface area contributed by atoms with Gasteiger partial charge in [0, 0.05) is 10.9 Å². The summed E-state index contributed by atoms with van der Waals surface area (Å²) in [6, 6.07) is 11.2. The second kappa shape index (κ2) is 5.38. The molecule has 1 amide bonds. The number of nitrogens with one attached hydrogen (secondary N) is 3. The number of carbonyl (C=O) groups is 1. The van der Waals surface area contributed by atoms with Crippen molar-refractivity contribution in [3.63, 3.8) is 0 Å². The summed E-state index contributed by atoms with van der Waals surface area (Å²) >= 11 is 0. The van der Waals surface area contributed by atoms with Crippen LogP contribution in [0.3, 0.4) is 0 Å². The molecule has 0 spiro atoms. The Morgan fingerprint density at radius 2 is 1.92 bits per heavy atom. The van der Waals surface area contributed by atoms with Gasteiger partial charge in [-0.3, -0.25) is 15.0 Å². The van der Waals surface area contributed by atoms with Crippen LogP contribution in [0.25, 0.3) is 22.4 Å². The summed E-state index contributed by atoms with van der Waals surface area (Å²) in [6.45, 7) is 3.75. The van der Waals surface area contributed by atoms with Gasteiger partial charge < -0.3 is 9.73 Å². The Morgan fingerprint density at radius 3 is 2.71 bits per heavy atom. The van der Waals surface area contributed by atoms with Crippen molar-refractivity contribution < 1.29 is 9.21 Å². The number of H-pyrrole nitrogens is 2. The number of nitrogens with zero attached hydrogens (tertiary/aromatic N) is 2. The molecule has 1 aromatic carbocycles. The number of hydrogen-bond acceptors (Lipinski definition) is 4. The lowest BCUT2D eigenvalue weighted by Gasteiger charge is -2.01. The van der Waals surface area contributed by atoms with E-state index in [1.165, 1.54) is 0 Å². The van der Waals surface area contributed by atoms with E-state index in [2.05, 4.69) is 25.7 Å². The zero-order valence-corrected chi connectivity index (χ0v) is 13.2. The number of amides is 1. The first-order valence-electron chi connectivity index (χ1n) is 7.49. The van der Waals surface area contributed by atoms with Gasteiger partial charge in [-0.1, -0.05) is 18.2 Å². The SMILES string of the molecule is Cc1ccc(-c2[nH]nc(NC(=O)c3n[nH]c4ccccc34)c2C)o1. The van der Waals surface area contributed by atoms with Gasteiger partial charge >= 0.3 is 0 Å². The molecule has 4 aromatic rings. The van der Waals surface area contributed by atoms with E-state index in [4.69, 9.17) is 4.42 Å². The van der Waals surface area contributed by atoms with Crippen molar-refractivity contribution in [1.29, 1.82) is 0 Å². The van der Waals surface area contributed by atoms with Gasteiger partial charge in [-0.05, 0) is 32.0 Å². The summed E-state index contributed by atoms with van der Waals surface area (Å²) in [5.74, 6) is 1.64. The molecular weight excluding hydrogens is 306 g/mol. The maximum Gasteiger partial charge on any atom is 0.278 e. The maximum atomic E-state index is 12.5. The zero-order valence-electron chi connectivity index (χ0n) is 13.2. The van der Waals surface area contributed by atoms with Crippen molar-refractivity contribution >= 4 is 22.6 Å². The molecule has 0 atom stereocenters. The van der Waals surface area contributed by atoms with E-state index in [0.29, 0.717) is 17.3 Å². The van der Waals surface area contributed by atoms with E-state index < -0.39 is 0 Å². The highest BCUT2D eigenvalue weighted by molar-refractivity contribution is 6.11. The smallest absolute Gasteiger partial charge is 0.278 e. The van der Waals surface area contributed by atoms with Gasteiger partial charge in [0.15, 0.2) is 17.3 Å². The Hall–Kier alpha value is -3.35. The highest BCUT2D eigenvalue weighted by Gasteiger charge is 2.19. The molecule has 7 nitrogen and oxygen atoms in total. The van der Waals surface area contributed by atoms with Crippen molar-refractivity contribution in [3.8, 4) is 11.5 Å². The third-order valence-electron chi connectivity index (χ3n) is 3.91. The predicted molar refractivity (Wildman–Crippen MR) is 89.8 cm³/mol. The van der Waals surface area contributed by atoms with Crippen LogP contribution in [0, 0.1) is 13.8 Å². The number of aromatic amines is 2. The number of benzene rings is 1. The second-order valence-electron chi connectivity index (χ2n) is 5.55. The first kappa shape index (κ1) is 14.3. The minimum absolute atomic E-state index is 0.316. The second-order valence-corrected chi connectivity index (χ2v) is 5.55. The molecule has 0 bridgehead atoms. The predicted octanol–water partition coefficient (Wildman–Crippen LogP) is 3.42. The molecular formula is C17H15N5O2. The van der Waals surface area contributed by atoms with E-state index in [9.17, 15) is 4.79 Å². The molecule has 0 aliphatic heterocycles. The molecule has 0 saturated carbocycles. The van der Waals surface area contributed by atoms with Crippen LogP contribution in [0.5, 0.6) is 0 Å². The minimum Gasteiger partial charge on any atom is -0.460 e. The lowest BCUT2D eigenvalue weighted by atomic mass is 10.2. The molecule has 3 heterocycles. The topological polar surface area (TPSA) is 99.6 Å². The molecule has 120 valence electrons. The van der Waals surface area contributed by atoms with Crippen molar-refractivity contribution in [2.45, 2.75) is 13.8 Å². The molecule has 0 aliphatic carbocycles. The van der Waals surface area contributed by atoms with E-state index in [1.807, 2.05) is 50.2 Å². The molecule has 0 fully saturated rings. The highest BCUT2D eigenvalue weighted by atomic mass is 16.3. The zero-order chi connectivity index (χ0) is 16.7. The van der Waals surface area contributed by atoms with Gasteiger partial charge in [0.05, 0.1) is 5.52 Å². The number of aromatic nitrogens is 4. The fraction of sp³-hybridized carbons (Fsp3) is 0.118. The Kier molecular flexibility index (Phi) is 3.19. The maximum absolute atomic E-state index is 12.5. The average molecular weight is 321 g/mol. The summed E-state index contributed by atoms with van der Waals surface area (Å²) in [5, 5.41) is 17.6. The largest absolute Gasteiger partial charge is 0.460 e. The number of para-hydroxylation sites is 1. The number of hydrogen-bond donors (Lipinski definition) is 3. The molecule has 3 N–H and O–H groups in total. The summed E-state index contributed by atoms with van der Waals surface area (Å²) < 4.78 is 5.60. The summed E-state index contributed by atoms with van der Waals surface area (Å²) in [7, 11) is 0. The molecule has 4 rings (SSSR count). The number of rotatable bonds is 3. The van der Waals surface area contributed by atoms with Gasteiger partial charge in [0.25, 0.3) is 5.91 Å². The van der Waals surface area contributed by atoms with E-state index in [0.717, 1.165) is 27.9 Å². The Morgan fingerprint density at radius 1 is 1.08 bits per heavy atom. The van der Waals surface area contributed by atoms with Gasteiger partial charge in [-0.15, -0.1) is 0 Å². The van der Waals surface area contributed by atoms with Crippen LogP contribution < -0.4 is 5.32 Å². The Bertz CT molecular complexity index is 1040. The lowest BCUT2D eigenvalue weighted by molar-refractivity contribution is 0.102. The van der Waals surface area contributed by atoms with Crippen LogP contribution in [0.15, 0.2) is 40.8 Å². The molecule has 3 aromatic heterocycles. The summed E-state index contributed by atoms with van der Waals surface area (Å²) in [5.41, 5.74) is 2.69. The third-order valence-corrected chi connectivity index (χ3v) is 3.91. The number of carbonyl (C=O) groups excluding carboxylic acids is 1. The van der Waals surface area contributed by atoms with Crippen LogP contribution in [-0.2, 0) is 0 Å². The number of aryl methyl sites for hydroxylation is 1. The normalized spacial score (nSPS) is 11.1. The number of anilines is 1. The lowest BCUT2D eigenvalue weighted by Crippen LogP contribution is -2.13. The molecule has 24 heavy (non-hydrogen) atoms. The fourth-order valence-corrected chi connectivity index (χ4v) is 2.63. The fourth-order valence-electron chi connectivity index (χ4n) is 2.63. The van der Waals surface area contributed by atoms with E-state index in [-0.39, 0.29) is 5.91 Å². The highest BCUT2D eigenvalue weighted by Crippen LogP contribution is 2.27. The van der Waals surface area contributed by atoms with Crippen molar-refractivity contribution in [3.05, 3.63) is 53.4 Å². The van der Waals surface area contributed by atoms with Crippen LogP contribution in [0.4, 0.5) is 5.82 Å². The minimum atomic E-state index is -0.316. The van der Waals surface area contributed by atoms with Crippen LogP contribution in [-0.4, -0.2) is 26.3 Å². The van der Waals surface area contributed by atoms with Crippen LogP contribution >= 0.6 is 0 Å². The van der Waals surface area contributed by atoms with Gasteiger partial charge in [-0.2, -0.15) is 10.2 Å². The monoisotopic (exact) mass is 321 g/mol. The first-order valence-corrected chi connectivity index (χ1v) is 7.49. The molecule has 0 radical (unpaired) electrons. The van der Waals surface area contributed by atoms with E-state index >= 15 is 0 Å². The first-order chi connectivity index (χ1) is 11.6. The molecule has 0 unspecified atom stereocenters. The standard InChI is InChI=1S/C17H15N5O2/c1-9-7-8-13(24-9)14-10(2)16(22-20-14)18-17(23)15-11-5-3-4-6-12(11)19-21-15/h3-8H,1-2H3,(H,19,21)(H2,18,20,22,23). The summed E-state index contributed by atoms with van der Waals surface area (Å²) in [4.78, 5) is 12.5. The van der Waals surface area contributed by atoms with Gasteiger partial charge in [0.1, 0.15) is 11.5 Å². The molecule has 0 aliphatic rings. The van der Waals surface area contributed by atoms with Gasteiger partial charge in [0.2, 0.25) is 0 Å². The van der Waals surface area contributed by atoms with Crippen molar-refractivity contribution in [1.82, 2.24) is 20.4 Å². The van der Waals surface area contributed by atoms with Gasteiger partial charge in [-0.25, -0.2) is 0 Å². The van der Waals surface area contributed by atoms with Crippen molar-refractivity contribution in [2.24, 2.45) is 0 Å². The average Bonchev–Trinajstić information content (AvgIpc) is 3.27. The third kappa shape index (κ3) is 2.26. The van der Waals surface area contributed by atoms with E-state index in [1.54, 1.807) is 0 Å². The van der Waals surface area contributed by atoms with Crippen LogP contribution in [0.2, 0.25) is 0 Å². The molecule has 7 heteroatoms. The number of furan rings is 1. The van der Waals surface area contributed by atoms with Crippen LogP contribution in [0.1, 0.15) is 21.8 Å². The van der Waals surface area contributed by atoms with Crippen molar-refractivity contribution in [2.75, 3.05) is 5.32 Å². The Labute approximate surface area is 137 Å². The quantitative estimate of drug-likeness (QED) is 0.538. The summed E-state index contributed by atoms with van der Waals surface area (Å²) in [6.07, 6.45) is 0.